The number of benzene rings is 1. The molecule has 1 aromatic rings. The van der Waals surface area contributed by atoms with Crippen molar-refractivity contribution in [2.75, 3.05) is 11.9 Å². The lowest BCUT2D eigenvalue weighted by molar-refractivity contribution is -0.132. The van der Waals surface area contributed by atoms with Gasteiger partial charge in [-0.1, -0.05) is 18.2 Å². The van der Waals surface area contributed by atoms with Crippen molar-refractivity contribution < 1.29 is 9.90 Å². The summed E-state index contributed by atoms with van der Waals surface area (Å²) in [6.07, 6.45) is 1.57. The van der Waals surface area contributed by atoms with Crippen molar-refractivity contribution >= 4 is 11.7 Å². The number of aliphatic carboxylic acids is 1. The Morgan fingerprint density at radius 2 is 2.25 bits per heavy atom. The monoisotopic (exact) mass is 216 g/mol. The third kappa shape index (κ3) is 3.14. The van der Waals surface area contributed by atoms with Crippen molar-refractivity contribution in [3.8, 4) is 6.07 Å². The molecular formula is C12H12N2O2. The first-order valence-corrected chi connectivity index (χ1v) is 4.78. The molecule has 0 unspecified atom stereocenters. The molecule has 2 N–H and O–H groups in total. The van der Waals surface area contributed by atoms with E-state index >= 15 is 0 Å². The Balaban J connectivity index is 2.66. The SMILES string of the molecule is C/C(=C/CNc1ccccc1C#N)C(=O)O. The van der Waals surface area contributed by atoms with Crippen LogP contribution in [0.2, 0.25) is 0 Å². The smallest absolute Gasteiger partial charge is 0.331 e. The van der Waals surface area contributed by atoms with Crippen LogP contribution < -0.4 is 5.32 Å². The predicted molar refractivity (Wildman–Crippen MR) is 61.0 cm³/mol. The van der Waals surface area contributed by atoms with E-state index in [1.807, 2.05) is 6.07 Å². The van der Waals surface area contributed by atoms with Gasteiger partial charge in [0.15, 0.2) is 0 Å². The summed E-state index contributed by atoms with van der Waals surface area (Å²) in [5.74, 6) is -0.935. The van der Waals surface area contributed by atoms with Crippen molar-refractivity contribution in [2.24, 2.45) is 0 Å². The van der Waals surface area contributed by atoms with E-state index in [1.165, 1.54) is 6.92 Å². The maximum atomic E-state index is 10.5. The highest BCUT2D eigenvalue weighted by molar-refractivity contribution is 5.85. The number of carboxylic acid groups (broad SMARTS) is 1. The van der Waals surface area contributed by atoms with Gasteiger partial charge in [-0.05, 0) is 19.1 Å². The van der Waals surface area contributed by atoms with Crippen molar-refractivity contribution in [1.82, 2.24) is 0 Å². The molecule has 0 amide bonds. The Labute approximate surface area is 93.8 Å². The zero-order chi connectivity index (χ0) is 12.0. The largest absolute Gasteiger partial charge is 0.478 e. The maximum Gasteiger partial charge on any atom is 0.331 e. The fourth-order valence-corrected chi connectivity index (χ4v) is 1.14. The summed E-state index contributed by atoms with van der Waals surface area (Å²) in [5.41, 5.74) is 1.53. The number of nitrogens with one attached hydrogen (secondary N) is 1. The number of rotatable bonds is 4. The molecule has 1 rings (SSSR count). The highest BCUT2D eigenvalue weighted by Gasteiger charge is 2.00. The summed E-state index contributed by atoms with van der Waals surface area (Å²) in [7, 11) is 0. The minimum atomic E-state index is -0.935. The lowest BCUT2D eigenvalue weighted by Crippen LogP contribution is -2.04. The summed E-state index contributed by atoms with van der Waals surface area (Å²) >= 11 is 0. The number of nitrogens with zero attached hydrogens (tertiary/aromatic N) is 1. The predicted octanol–water partition coefficient (Wildman–Crippen LogP) is 2.00. The lowest BCUT2D eigenvalue weighted by Gasteiger charge is -2.05. The molecule has 0 heterocycles. The molecule has 0 saturated heterocycles. The zero-order valence-corrected chi connectivity index (χ0v) is 8.90. The highest BCUT2D eigenvalue weighted by Crippen LogP contribution is 2.12. The summed E-state index contributed by atoms with van der Waals surface area (Å²) in [6, 6.07) is 9.14. The second-order valence-electron chi connectivity index (χ2n) is 3.23. The zero-order valence-electron chi connectivity index (χ0n) is 8.90. The third-order valence-corrected chi connectivity index (χ3v) is 2.09. The second-order valence-corrected chi connectivity index (χ2v) is 3.23. The standard InChI is InChI=1S/C12H12N2O2/c1-9(12(15)16)6-7-14-11-5-3-2-4-10(11)8-13/h2-6,14H,7H2,1H3,(H,15,16)/b9-6-. The molecule has 0 spiro atoms. The number of nitriles is 1. The van der Waals surface area contributed by atoms with Crippen molar-refractivity contribution in [2.45, 2.75) is 6.92 Å². The number of anilines is 1. The van der Waals surface area contributed by atoms with Crippen molar-refractivity contribution in [3.05, 3.63) is 41.5 Å². The summed E-state index contributed by atoms with van der Waals surface area (Å²) in [6.45, 7) is 1.91. The first-order chi connectivity index (χ1) is 7.65. The van der Waals surface area contributed by atoms with E-state index in [0.29, 0.717) is 17.8 Å². The first-order valence-electron chi connectivity index (χ1n) is 4.78. The van der Waals surface area contributed by atoms with Crippen LogP contribution in [0.4, 0.5) is 5.69 Å². The Kier molecular flexibility index (Phi) is 4.10. The fraction of sp³-hybridized carbons (Fsp3) is 0.167. The van der Waals surface area contributed by atoms with E-state index in [9.17, 15) is 4.79 Å². The molecule has 0 aromatic heterocycles. The molecule has 0 aliphatic heterocycles. The van der Waals surface area contributed by atoms with Gasteiger partial charge in [0.25, 0.3) is 0 Å². The molecule has 1 aromatic carbocycles. The summed E-state index contributed by atoms with van der Waals surface area (Å²) < 4.78 is 0. The molecule has 0 fully saturated rings. The van der Waals surface area contributed by atoms with E-state index < -0.39 is 5.97 Å². The van der Waals surface area contributed by atoms with E-state index in [1.54, 1.807) is 24.3 Å². The average Bonchev–Trinajstić information content (AvgIpc) is 2.29. The van der Waals surface area contributed by atoms with Crippen LogP contribution in [0.5, 0.6) is 0 Å². The maximum absolute atomic E-state index is 10.5. The highest BCUT2D eigenvalue weighted by atomic mass is 16.4. The van der Waals surface area contributed by atoms with Gasteiger partial charge in [-0.2, -0.15) is 5.26 Å². The number of hydrogen-bond donors (Lipinski definition) is 2. The van der Waals surface area contributed by atoms with E-state index in [-0.39, 0.29) is 5.57 Å². The van der Waals surface area contributed by atoms with Crippen LogP contribution in [0.3, 0.4) is 0 Å². The molecule has 0 saturated carbocycles. The van der Waals surface area contributed by atoms with Gasteiger partial charge in [0.2, 0.25) is 0 Å². The van der Waals surface area contributed by atoms with Gasteiger partial charge < -0.3 is 10.4 Å². The fourth-order valence-electron chi connectivity index (χ4n) is 1.14. The topological polar surface area (TPSA) is 73.1 Å². The minimum absolute atomic E-state index is 0.280. The van der Waals surface area contributed by atoms with Crippen molar-refractivity contribution in [1.29, 1.82) is 5.26 Å². The van der Waals surface area contributed by atoms with Crippen LogP contribution in [-0.2, 0) is 4.79 Å². The molecule has 0 aliphatic rings. The molecule has 0 atom stereocenters. The molecule has 4 heteroatoms. The summed E-state index contributed by atoms with van der Waals surface area (Å²) in [4.78, 5) is 10.5. The van der Waals surface area contributed by atoms with Crippen molar-refractivity contribution in [3.63, 3.8) is 0 Å². The number of hydrogen-bond acceptors (Lipinski definition) is 3. The molecule has 0 aliphatic carbocycles. The van der Waals surface area contributed by atoms with Gasteiger partial charge in [0, 0.05) is 12.1 Å². The molecule has 4 nitrogen and oxygen atoms in total. The van der Waals surface area contributed by atoms with Crippen LogP contribution in [0.15, 0.2) is 35.9 Å². The third-order valence-electron chi connectivity index (χ3n) is 2.09. The van der Waals surface area contributed by atoms with E-state index in [0.717, 1.165) is 0 Å². The van der Waals surface area contributed by atoms with Crippen LogP contribution in [0.1, 0.15) is 12.5 Å². The summed E-state index contributed by atoms with van der Waals surface area (Å²) in [5, 5.41) is 20.4. The molecule has 0 bridgehead atoms. The average molecular weight is 216 g/mol. The number of para-hydroxylation sites is 1. The van der Waals surface area contributed by atoms with E-state index in [4.69, 9.17) is 10.4 Å². The van der Waals surface area contributed by atoms with Gasteiger partial charge in [0.1, 0.15) is 6.07 Å². The number of carbonyl (C=O) groups is 1. The van der Waals surface area contributed by atoms with Gasteiger partial charge in [-0.25, -0.2) is 4.79 Å². The molecule has 0 radical (unpaired) electrons. The normalized spacial score (nSPS) is 10.6. The number of carboxylic acids is 1. The lowest BCUT2D eigenvalue weighted by atomic mass is 10.2. The van der Waals surface area contributed by atoms with Crippen LogP contribution in [0.25, 0.3) is 0 Å². The second kappa shape index (κ2) is 5.56. The van der Waals surface area contributed by atoms with Gasteiger partial charge in [0.05, 0.1) is 11.3 Å². The Morgan fingerprint density at radius 1 is 1.56 bits per heavy atom. The molecule has 16 heavy (non-hydrogen) atoms. The Bertz CT molecular complexity index is 458. The molecule has 82 valence electrons. The molecular weight excluding hydrogens is 204 g/mol. The van der Waals surface area contributed by atoms with Gasteiger partial charge in [-0.15, -0.1) is 0 Å². The Morgan fingerprint density at radius 3 is 2.88 bits per heavy atom. The van der Waals surface area contributed by atoms with E-state index in [2.05, 4.69) is 11.4 Å². The Hall–Kier alpha value is -2.28. The van der Waals surface area contributed by atoms with Gasteiger partial charge >= 0.3 is 5.97 Å². The minimum Gasteiger partial charge on any atom is -0.478 e. The van der Waals surface area contributed by atoms with Crippen LogP contribution in [0, 0.1) is 11.3 Å². The van der Waals surface area contributed by atoms with Crippen LogP contribution in [-0.4, -0.2) is 17.6 Å². The van der Waals surface area contributed by atoms with Crippen LogP contribution >= 0.6 is 0 Å². The quantitative estimate of drug-likeness (QED) is 0.755. The van der Waals surface area contributed by atoms with Gasteiger partial charge in [-0.3, -0.25) is 0 Å². The first kappa shape index (κ1) is 11.8.